The lowest BCUT2D eigenvalue weighted by atomic mass is 10.1. The van der Waals surface area contributed by atoms with Gasteiger partial charge in [0.25, 0.3) is 0 Å². The van der Waals surface area contributed by atoms with Gasteiger partial charge in [-0.15, -0.1) is 0 Å². The summed E-state index contributed by atoms with van der Waals surface area (Å²) in [5.74, 6) is 0.756. The molecule has 0 spiro atoms. The van der Waals surface area contributed by atoms with Gasteiger partial charge in [0.1, 0.15) is 13.2 Å². The molecular weight excluding hydrogens is 438 g/mol. The predicted molar refractivity (Wildman–Crippen MR) is 112 cm³/mol. The first-order chi connectivity index (χ1) is 14.0. The zero-order valence-electron chi connectivity index (χ0n) is 15.8. The van der Waals surface area contributed by atoms with Crippen LogP contribution in [0.1, 0.15) is 28.8 Å². The molecule has 2 amide bonds. The van der Waals surface area contributed by atoms with E-state index in [-0.39, 0.29) is 12.5 Å². The van der Waals surface area contributed by atoms with Crippen LogP contribution in [0.5, 0.6) is 11.5 Å². The quantitative estimate of drug-likeness (QED) is 0.663. The summed E-state index contributed by atoms with van der Waals surface area (Å²) in [6.45, 7) is 1.93. The van der Waals surface area contributed by atoms with E-state index >= 15 is 0 Å². The Balaban J connectivity index is 1.41. The zero-order chi connectivity index (χ0) is 20.4. The fourth-order valence-electron chi connectivity index (χ4n) is 3.30. The van der Waals surface area contributed by atoms with E-state index in [4.69, 9.17) is 15.2 Å². The number of ether oxygens (including phenoxy) is 2. The fourth-order valence-corrected chi connectivity index (χ4v) is 3.72. The standard InChI is InChI=1S/C21H22BrN3O4/c22-16-9-18-19(29-8-7-28-18)10-17(16)24-20(26)12-25(15-5-6-15)11-13-1-3-14(4-2-13)21(23)27/h1-4,9-10,15H,5-8,11-12H2,(H2,23,27)(H,24,26). The molecule has 2 aliphatic rings. The lowest BCUT2D eigenvalue weighted by Gasteiger charge is -2.23. The van der Waals surface area contributed by atoms with Gasteiger partial charge in [-0.25, -0.2) is 0 Å². The lowest BCUT2D eigenvalue weighted by molar-refractivity contribution is -0.117. The minimum Gasteiger partial charge on any atom is -0.486 e. The van der Waals surface area contributed by atoms with Gasteiger partial charge in [-0.2, -0.15) is 0 Å². The summed E-state index contributed by atoms with van der Waals surface area (Å²) in [4.78, 5) is 26.1. The summed E-state index contributed by atoms with van der Waals surface area (Å²) in [6.07, 6.45) is 2.17. The molecular formula is C21H22BrN3O4. The van der Waals surface area contributed by atoms with Crippen molar-refractivity contribution in [3.63, 3.8) is 0 Å². The Morgan fingerprint density at radius 2 is 1.76 bits per heavy atom. The van der Waals surface area contributed by atoms with Crippen LogP contribution in [0.4, 0.5) is 5.69 Å². The maximum atomic E-state index is 12.7. The SMILES string of the molecule is NC(=O)c1ccc(CN(CC(=O)Nc2cc3c(cc2Br)OCCO3)C2CC2)cc1. The third-order valence-corrected chi connectivity index (χ3v) is 5.60. The maximum Gasteiger partial charge on any atom is 0.248 e. The molecule has 4 rings (SSSR count). The summed E-state index contributed by atoms with van der Waals surface area (Å²) in [7, 11) is 0. The Bertz CT molecular complexity index is 928. The van der Waals surface area contributed by atoms with Crippen LogP contribution in [0.15, 0.2) is 40.9 Å². The Labute approximate surface area is 177 Å². The predicted octanol–water partition coefficient (Wildman–Crippen LogP) is 2.92. The molecule has 8 heteroatoms. The molecule has 2 aromatic rings. The summed E-state index contributed by atoms with van der Waals surface area (Å²) in [5.41, 5.74) is 7.46. The summed E-state index contributed by atoms with van der Waals surface area (Å²) < 4.78 is 11.9. The normalized spacial score (nSPS) is 15.2. The summed E-state index contributed by atoms with van der Waals surface area (Å²) >= 11 is 3.48. The molecule has 1 fully saturated rings. The number of carbonyl (C=O) groups excluding carboxylic acids is 2. The molecule has 0 aromatic heterocycles. The summed E-state index contributed by atoms with van der Waals surface area (Å²) in [5, 5.41) is 2.96. The van der Waals surface area contributed by atoms with Crippen LogP contribution in [0.3, 0.4) is 0 Å². The number of primary amides is 1. The van der Waals surface area contributed by atoms with E-state index in [0.29, 0.717) is 48.6 Å². The highest BCUT2D eigenvalue weighted by Crippen LogP contribution is 2.38. The van der Waals surface area contributed by atoms with Crippen LogP contribution >= 0.6 is 15.9 Å². The molecule has 2 aromatic carbocycles. The molecule has 152 valence electrons. The number of rotatable bonds is 7. The van der Waals surface area contributed by atoms with Crippen molar-refractivity contribution in [1.29, 1.82) is 0 Å². The maximum absolute atomic E-state index is 12.7. The molecule has 1 aliphatic heterocycles. The Hall–Kier alpha value is -2.58. The number of hydrogen-bond acceptors (Lipinski definition) is 5. The van der Waals surface area contributed by atoms with Crippen molar-refractivity contribution in [2.75, 3.05) is 25.1 Å². The van der Waals surface area contributed by atoms with Crippen LogP contribution in [-0.2, 0) is 11.3 Å². The second kappa shape index (κ2) is 8.42. The van der Waals surface area contributed by atoms with Crippen LogP contribution in [0.2, 0.25) is 0 Å². The number of hydrogen-bond donors (Lipinski definition) is 2. The van der Waals surface area contributed by atoms with Crippen molar-refractivity contribution in [3.05, 3.63) is 52.0 Å². The molecule has 0 saturated heterocycles. The minimum absolute atomic E-state index is 0.0944. The van der Waals surface area contributed by atoms with Crippen molar-refractivity contribution in [3.8, 4) is 11.5 Å². The third kappa shape index (κ3) is 4.89. The topological polar surface area (TPSA) is 93.9 Å². The number of fused-ring (bicyclic) bond motifs is 1. The number of anilines is 1. The van der Waals surface area contributed by atoms with Crippen LogP contribution < -0.4 is 20.5 Å². The monoisotopic (exact) mass is 459 g/mol. The first kappa shape index (κ1) is 19.7. The Morgan fingerprint density at radius 1 is 1.10 bits per heavy atom. The first-order valence-electron chi connectivity index (χ1n) is 9.51. The highest BCUT2D eigenvalue weighted by molar-refractivity contribution is 9.10. The number of nitrogens with two attached hydrogens (primary N) is 1. The van der Waals surface area contributed by atoms with Crippen molar-refractivity contribution in [2.24, 2.45) is 5.73 Å². The van der Waals surface area contributed by atoms with Gasteiger partial charge in [0.2, 0.25) is 11.8 Å². The van der Waals surface area contributed by atoms with E-state index in [2.05, 4.69) is 26.1 Å². The van der Waals surface area contributed by atoms with Gasteiger partial charge in [0.15, 0.2) is 11.5 Å². The number of carbonyl (C=O) groups is 2. The summed E-state index contributed by atoms with van der Waals surface area (Å²) in [6, 6.07) is 11.2. The largest absolute Gasteiger partial charge is 0.486 e. The second-order valence-electron chi connectivity index (χ2n) is 7.22. The van der Waals surface area contributed by atoms with Gasteiger partial charge < -0.3 is 20.5 Å². The number of halogens is 1. The van der Waals surface area contributed by atoms with E-state index in [1.807, 2.05) is 18.2 Å². The molecule has 7 nitrogen and oxygen atoms in total. The molecule has 3 N–H and O–H groups in total. The van der Waals surface area contributed by atoms with Crippen molar-refractivity contribution in [1.82, 2.24) is 4.90 Å². The highest BCUT2D eigenvalue weighted by atomic mass is 79.9. The van der Waals surface area contributed by atoms with Gasteiger partial charge in [-0.3, -0.25) is 14.5 Å². The van der Waals surface area contributed by atoms with Crippen LogP contribution in [0, 0.1) is 0 Å². The third-order valence-electron chi connectivity index (χ3n) is 4.94. The van der Waals surface area contributed by atoms with Crippen molar-refractivity contribution in [2.45, 2.75) is 25.4 Å². The average molecular weight is 460 g/mol. The van der Waals surface area contributed by atoms with Gasteiger partial charge in [0, 0.05) is 34.8 Å². The van der Waals surface area contributed by atoms with Crippen molar-refractivity contribution < 1.29 is 19.1 Å². The molecule has 0 bridgehead atoms. The number of nitrogens with zero attached hydrogens (tertiary/aromatic N) is 1. The molecule has 0 radical (unpaired) electrons. The highest BCUT2D eigenvalue weighted by Gasteiger charge is 2.30. The van der Waals surface area contributed by atoms with E-state index in [1.165, 1.54) is 0 Å². The first-order valence-corrected chi connectivity index (χ1v) is 10.3. The number of benzene rings is 2. The average Bonchev–Trinajstić information content (AvgIpc) is 3.54. The molecule has 0 unspecified atom stereocenters. The smallest absolute Gasteiger partial charge is 0.248 e. The zero-order valence-corrected chi connectivity index (χ0v) is 17.4. The minimum atomic E-state index is -0.444. The lowest BCUT2D eigenvalue weighted by Crippen LogP contribution is -2.34. The van der Waals surface area contributed by atoms with E-state index in [9.17, 15) is 9.59 Å². The molecule has 1 heterocycles. The van der Waals surface area contributed by atoms with E-state index in [1.54, 1.807) is 18.2 Å². The van der Waals surface area contributed by atoms with Crippen LogP contribution in [-0.4, -0.2) is 42.5 Å². The van der Waals surface area contributed by atoms with E-state index in [0.717, 1.165) is 22.9 Å². The Morgan fingerprint density at radius 3 is 2.38 bits per heavy atom. The van der Waals surface area contributed by atoms with Gasteiger partial charge in [-0.1, -0.05) is 12.1 Å². The van der Waals surface area contributed by atoms with Gasteiger partial charge in [-0.05, 0) is 46.5 Å². The van der Waals surface area contributed by atoms with Crippen molar-refractivity contribution >= 4 is 33.4 Å². The second-order valence-corrected chi connectivity index (χ2v) is 8.08. The van der Waals surface area contributed by atoms with Gasteiger partial charge in [0.05, 0.1) is 12.2 Å². The number of amides is 2. The Kier molecular flexibility index (Phi) is 5.73. The van der Waals surface area contributed by atoms with Gasteiger partial charge >= 0.3 is 0 Å². The fraction of sp³-hybridized carbons (Fsp3) is 0.333. The van der Waals surface area contributed by atoms with E-state index < -0.39 is 5.91 Å². The number of nitrogens with one attached hydrogen (secondary N) is 1. The van der Waals surface area contributed by atoms with Crippen LogP contribution in [0.25, 0.3) is 0 Å². The molecule has 29 heavy (non-hydrogen) atoms. The molecule has 1 saturated carbocycles. The molecule has 0 atom stereocenters. The molecule has 1 aliphatic carbocycles.